The fraction of sp³-hybridized carbons (Fsp3) is 0.0625. The lowest BCUT2D eigenvalue weighted by molar-refractivity contribution is 0.412. The summed E-state index contributed by atoms with van der Waals surface area (Å²) in [5.41, 5.74) is 2.73. The number of fused-ring (bicyclic) bond motifs is 3. The fourth-order valence-corrected chi connectivity index (χ4v) is 3.17. The predicted octanol–water partition coefficient (Wildman–Crippen LogP) is 4.72. The van der Waals surface area contributed by atoms with E-state index in [0.29, 0.717) is 0 Å². The quantitative estimate of drug-likeness (QED) is 0.533. The molecule has 0 bridgehead atoms. The third kappa shape index (κ3) is 1.55. The van der Waals surface area contributed by atoms with Crippen molar-refractivity contribution in [2.75, 3.05) is 7.11 Å². The van der Waals surface area contributed by atoms with E-state index < -0.39 is 0 Å². The monoisotopic (exact) mass is 281 g/mol. The molecule has 0 unspecified atom stereocenters. The Morgan fingerprint density at radius 3 is 2.85 bits per heavy atom. The number of furan rings is 1. The van der Waals surface area contributed by atoms with E-state index in [1.165, 1.54) is 0 Å². The van der Waals surface area contributed by atoms with Gasteiger partial charge in [-0.05, 0) is 18.2 Å². The highest BCUT2D eigenvalue weighted by Gasteiger charge is 2.17. The molecule has 0 aliphatic heterocycles. The van der Waals surface area contributed by atoms with Crippen molar-refractivity contribution in [1.82, 2.24) is 4.98 Å². The SMILES string of the molecule is COc1ccc(-c2nccs2)c2c1oc1ccccc12. The maximum atomic E-state index is 5.97. The molecule has 3 nitrogen and oxygen atoms in total. The summed E-state index contributed by atoms with van der Waals surface area (Å²) in [5.74, 6) is 0.747. The number of benzene rings is 2. The Morgan fingerprint density at radius 2 is 2.05 bits per heavy atom. The second-order valence-electron chi connectivity index (χ2n) is 4.45. The van der Waals surface area contributed by atoms with E-state index in [1.54, 1.807) is 18.4 Å². The minimum absolute atomic E-state index is 0.747. The maximum absolute atomic E-state index is 5.97. The lowest BCUT2D eigenvalue weighted by atomic mass is 10.1. The molecule has 4 rings (SSSR count). The van der Waals surface area contributed by atoms with E-state index in [1.807, 2.05) is 41.9 Å². The topological polar surface area (TPSA) is 35.3 Å². The van der Waals surface area contributed by atoms with Crippen LogP contribution in [0.4, 0.5) is 0 Å². The van der Waals surface area contributed by atoms with E-state index in [0.717, 1.165) is 38.3 Å². The second-order valence-corrected chi connectivity index (χ2v) is 5.35. The minimum atomic E-state index is 0.747. The van der Waals surface area contributed by atoms with Crippen LogP contribution in [0.3, 0.4) is 0 Å². The van der Waals surface area contributed by atoms with Crippen LogP contribution in [0.2, 0.25) is 0 Å². The molecule has 0 saturated heterocycles. The Bertz CT molecular complexity index is 894. The number of aromatic nitrogens is 1. The van der Waals surface area contributed by atoms with Crippen LogP contribution in [-0.2, 0) is 0 Å². The van der Waals surface area contributed by atoms with Gasteiger partial charge in [-0.2, -0.15) is 0 Å². The molecule has 0 aliphatic carbocycles. The average molecular weight is 281 g/mol. The largest absolute Gasteiger partial charge is 0.493 e. The van der Waals surface area contributed by atoms with Crippen LogP contribution in [-0.4, -0.2) is 12.1 Å². The van der Waals surface area contributed by atoms with Crippen LogP contribution in [0.1, 0.15) is 0 Å². The van der Waals surface area contributed by atoms with Crippen molar-refractivity contribution in [3.8, 4) is 16.3 Å². The van der Waals surface area contributed by atoms with Gasteiger partial charge in [-0.15, -0.1) is 11.3 Å². The average Bonchev–Trinajstić information content (AvgIpc) is 3.14. The summed E-state index contributed by atoms with van der Waals surface area (Å²) in [7, 11) is 1.66. The Labute approximate surface area is 119 Å². The molecule has 0 atom stereocenters. The molecule has 2 aromatic heterocycles. The van der Waals surface area contributed by atoms with Crippen molar-refractivity contribution >= 4 is 33.3 Å². The van der Waals surface area contributed by atoms with Crippen molar-refractivity contribution in [2.24, 2.45) is 0 Å². The Morgan fingerprint density at radius 1 is 1.15 bits per heavy atom. The van der Waals surface area contributed by atoms with Crippen LogP contribution in [0.15, 0.2) is 52.4 Å². The van der Waals surface area contributed by atoms with E-state index in [2.05, 4.69) is 11.1 Å². The smallest absolute Gasteiger partial charge is 0.177 e. The standard InChI is InChI=1S/C16H11NO2S/c1-18-13-7-6-11(16-17-8-9-20-16)14-10-4-2-3-5-12(10)19-15(13)14/h2-9H,1H3. The zero-order chi connectivity index (χ0) is 13.5. The van der Waals surface area contributed by atoms with Crippen molar-refractivity contribution in [2.45, 2.75) is 0 Å². The zero-order valence-electron chi connectivity index (χ0n) is 10.8. The first-order valence-electron chi connectivity index (χ1n) is 6.26. The summed E-state index contributed by atoms with van der Waals surface area (Å²) >= 11 is 1.62. The highest BCUT2D eigenvalue weighted by molar-refractivity contribution is 7.13. The first-order valence-corrected chi connectivity index (χ1v) is 7.14. The van der Waals surface area contributed by atoms with Crippen LogP contribution < -0.4 is 4.74 Å². The van der Waals surface area contributed by atoms with Gasteiger partial charge in [0, 0.05) is 27.9 Å². The van der Waals surface area contributed by atoms with Gasteiger partial charge in [0.15, 0.2) is 11.3 Å². The normalized spacial score (nSPS) is 11.2. The van der Waals surface area contributed by atoms with E-state index in [4.69, 9.17) is 9.15 Å². The Balaban J connectivity index is 2.20. The van der Waals surface area contributed by atoms with E-state index in [9.17, 15) is 0 Å². The first kappa shape index (κ1) is 11.5. The second kappa shape index (κ2) is 4.35. The highest BCUT2D eigenvalue weighted by Crippen LogP contribution is 2.41. The lowest BCUT2D eigenvalue weighted by Crippen LogP contribution is -1.85. The molecule has 0 fully saturated rings. The van der Waals surface area contributed by atoms with E-state index in [-0.39, 0.29) is 0 Å². The molecule has 98 valence electrons. The van der Waals surface area contributed by atoms with Crippen LogP contribution >= 0.6 is 11.3 Å². The zero-order valence-corrected chi connectivity index (χ0v) is 11.6. The van der Waals surface area contributed by atoms with Gasteiger partial charge in [0.05, 0.1) is 7.11 Å². The predicted molar refractivity (Wildman–Crippen MR) is 81.4 cm³/mol. The fourth-order valence-electron chi connectivity index (χ4n) is 2.50. The third-order valence-corrected chi connectivity index (χ3v) is 4.18. The van der Waals surface area contributed by atoms with Crippen LogP contribution in [0.5, 0.6) is 5.75 Å². The summed E-state index contributed by atoms with van der Waals surface area (Å²) in [4.78, 5) is 4.41. The number of hydrogen-bond acceptors (Lipinski definition) is 4. The van der Waals surface area contributed by atoms with Gasteiger partial charge in [0.1, 0.15) is 10.6 Å². The molecule has 0 amide bonds. The van der Waals surface area contributed by atoms with Crippen molar-refractivity contribution in [3.63, 3.8) is 0 Å². The molecular weight excluding hydrogens is 270 g/mol. The van der Waals surface area contributed by atoms with Gasteiger partial charge < -0.3 is 9.15 Å². The van der Waals surface area contributed by atoms with Crippen molar-refractivity contribution < 1.29 is 9.15 Å². The molecule has 0 N–H and O–H groups in total. The number of hydrogen-bond donors (Lipinski definition) is 0. The molecule has 0 aliphatic rings. The Hall–Kier alpha value is -2.33. The number of methoxy groups -OCH3 is 1. The number of rotatable bonds is 2. The molecular formula is C16H11NO2S. The molecule has 2 heterocycles. The molecule has 2 aromatic carbocycles. The lowest BCUT2D eigenvalue weighted by Gasteiger charge is -2.04. The molecule has 20 heavy (non-hydrogen) atoms. The molecule has 4 heteroatoms. The summed E-state index contributed by atoms with van der Waals surface area (Å²) in [6.07, 6.45) is 1.82. The van der Waals surface area contributed by atoms with Gasteiger partial charge in [0.25, 0.3) is 0 Å². The van der Waals surface area contributed by atoms with Gasteiger partial charge in [-0.1, -0.05) is 18.2 Å². The van der Waals surface area contributed by atoms with Crippen LogP contribution in [0.25, 0.3) is 32.5 Å². The number of ether oxygens (including phenoxy) is 1. The summed E-state index contributed by atoms with van der Waals surface area (Å²) in [6.45, 7) is 0. The number of thiazole rings is 1. The number of nitrogens with zero attached hydrogens (tertiary/aromatic N) is 1. The first-order chi connectivity index (χ1) is 9.88. The third-order valence-electron chi connectivity index (χ3n) is 3.37. The molecule has 0 saturated carbocycles. The van der Waals surface area contributed by atoms with Crippen molar-refractivity contribution in [1.29, 1.82) is 0 Å². The summed E-state index contributed by atoms with van der Waals surface area (Å²) in [5, 5.41) is 5.12. The molecule has 4 aromatic rings. The molecule has 0 spiro atoms. The van der Waals surface area contributed by atoms with Gasteiger partial charge >= 0.3 is 0 Å². The highest BCUT2D eigenvalue weighted by atomic mass is 32.1. The summed E-state index contributed by atoms with van der Waals surface area (Å²) in [6, 6.07) is 12.0. The van der Waals surface area contributed by atoms with E-state index >= 15 is 0 Å². The summed E-state index contributed by atoms with van der Waals surface area (Å²) < 4.78 is 11.4. The van der Waals surface area contributed by atoms with Gasteiger partial charge in [-0.25, -0.2) is 4.98 Å². The van der Waals surface area contributed by atoms with Crippen molar-refractivity contribution in [3.05, 3.63) is 48.0 Å². The minimum Gasteiger partial charge on any atom is -0.493 e. The maximum Gasteiger partial charge on any atom is 0.177 e. The van der Waals surface area contributed by atoms with Gasteiger partial charge in [0.2, 0.25) is 0 Å². The molecule has 0 radical (unpaired) electrons. The Kier molecular flexibility index (Phi) is 2.50. The number of para-hydroxylation sites is 1. The van der Waals surface area contributed by atoms with Crippen LogP contribution in [0, 0.1) is 0 Å². The van der Waals surface area contributed by atoms with Gasteiger partial charge in [-0.3, -0.25) is 0 Å².